The summed E-state index contributed by atoms with van der Waals surface area (Å²) in [5.41, 5.74) is 0.654. The molecule has 0 radical (unpaired) electrons. The van der Waals surface area contributed by atoms with Crippen LogP contribution in [0.4, 0.5) is 4.39 Å². The summed E-state index contributed by atoms with van der Waals surface area (Å²) in [5, 5.41) is 10.1. The summed E-state index contributed by atoms with van der Waals surface area (Å²) in [6.07, 6.45) is 3.09. The van der Waals surface area contributed by atoms with Crippen LogP contribution in [0.15, 0.2) is 49.6 Å². The van der Waals surface area contributed by atoms with Gasteiger partial charge in [0.05, 0.1) is 11.1 Å². The van der Waals surface area contributed by atoms with Gasteiger partial charge in [0.15, 0.2) is 0 Å². The van der Waals surface area contributed by atoms with E-state index in [4.69, 9.17) is 12.2 Å². The average Bonchev–Trinajstić information content (AvgIpc) is 2.39. The van der Waals surface area contributed by atoms with Crippen molar-refractivity contribution >= 4 is 17.2 Å². The van der Waals surface area contributed by atoms with Gasteiger partial charge in [0.1, 0.15) is 5.82 Å². The van der Waals surface area contributed by atoms with Crippen molar-refractivity contribution in [2.45, 2.75) is 12.5 Å². The topological polar surface area (TPSA) is 23.5 Å². The van der Waals surface area contributed by atoms with Gasteiger partial charge in [-0.15, -0.1) is 13.2 Å². The Hall–Kier alpha value is -1.52. The van der Waals surface area contributed by atoms with Gasteiger partial charge in [-0.2, -0.15) is 0 Å². The van der Waals surface area contributed by atoms with Gasteiger partial charge < -0.3 is 10.0 Å². The monoisotopic (exact) mass is 279 g/mol. The summed E-state index contributed by atoms with van der Waals surface area (Å²) in [4.78, 5) is 2.54. The van der Waals surface area contributed by atoms with Crippen LogP contribution in [0.2, 0.25) is 0 Å². The second-order valence-electron chi connectivity index (χ2n) is 4.15. The first-order valence-electron chi connectivity index (χ1n) is 6.01. The van der Waals surface area contributed by atoms with E-state index in [0.29, 0.717) is 30.1 Å². The summed E-state index contributed by atoms with van der Waals surface area (Å²) in [7, 11) is 0. The third-order valence-electron chi connectivity index (χ3n) is 2.67. The lowest BCUT2D eigenvalue weighted by Gasteiger charge is -2.24. The molecule has 0 fully saturated rings. The van der Waals surface area contributed by atoms with E-state index in [0.717, 1.165) is 0 Å². The van der Waals surface area contributed by atoms with E-state index in [1.54, 1.807) is 24.3 Å². The van der Waals surface area contributed by atoms with Crippen molar-refractivity contribution in [3.63, 3.8) is 0 Å². The molecule has 0 aliphatic carbocycles. The summed E-state index contributed by atoms with van der Waals surface area (Å²) in [5.74, 6) is -0.321. The summed E-state index contributed by atoms with van der Waals surface area (Å²) < 4.78 is 12.8. The number of nitrogens with zero attached hydrogens (tertiary/aromatic N) is 1. The highest BCUT2D eigenvalue weighted by Gasteiger charge is 2.14. The van der Waals surface area contributed by atoms with E-state index in [1.165, 1.54) is 12.1 Å². The minimum Gasteiger partial charge on any atom is -0.388 e. The Labute approximate surface area is 118 Å². The number of benzene rings is 1. The second kappa shape index (κ2) is 7.81. The van der Waals surface area contributed by atoms with E-state index >= 15 is 0 Å². The van der Waals surface area contributed by atoms with Gasteiger partial charge in [-0.05, 0) is 17.7 Å². The molecular formula is C15H18FNOS. The van der Waals surface area contributed by atoms with E-state index in [1.807, 2.05) is 4.90 Å². The molecule has 1 aromatic carbocycles. The Morgan fingerprint density at radius 1 is 1.26 bits per heavy atom. The number of halogens is 1. The first kappa shape index (κ1) is 15.5. The predicted octanol–water partition coefficient (Wildman–Crippen LogP) is 3.25. The maximum atomic E-state index is 12.8. The highest BCUT2D eigenvalue weighted by Crippen LogP contribution is 2.18. The fourth-order valence-electron chi connectivity index (χ4n) is 1.69. The Kier molecular flexibility index (Phi) is 6.39. The van der Waals surface area contributed by atoms with Crippen LogP contribution in [-0.2, 0) is 0 Å². The molecule has 19 heavy (non-hydrogen) atoms. The van der Waals surface area contributed by atoms with E-state index < -0.39 is 6.10 Å². The first-order valence-corrected chi connectivity index (χ1v) is 6.42. The molecule has 0 aliphatic rings. The van der Waals surface area contributed by atoms with E-state index in [9.17, 15) is 9.50 Å². The fourth-order valence-corrected chi connectivity index (χ4v) is 1.99. The molecule has 0 heterocycles. The Bertz CT molecular complexity index is 434. The maximum absolute atomic E-state index is 12.8. The van der Waals surface area contributed by atoms with Gasteiger partial charge in [-0.1, -0.05) is 36.5 Å². The van der Waals surface area contributed by atoms with Crippen molar-refractivity contribution in [1.29, 1.82) is 0 Å². The van der Waals surface area contributed by atoms with Crippen LogP contribution in [0.5, 0.6) is 0 Å². The number of rotatable bonds is 7. The van der Waals surface area contributed by atoms with E-state index in [2.05, 4.69) is 13.2 Å². The summed E-state index contributed by atoms with van der Waals surface area (Å²) >= 11 is 5.30. The number of aliphatic hydroxyl groups is 1. The largest absolute Gasteiger partial charge is 0.388 e. The zero-order valence-corrected chi connectivity index (χ0v) is 11.6. The molecule has 4 heteroatoms. The third kappa shape index (κ3) is 4.93. The number of hydrogen-bond donors (Lipinski definition) is 1. The highest BCUT2D eigenvalue weighted by atomic mass is 32.1. The van der Waals surface area contributed by atoms with Gasteiger partial charge in [0.2, 0.25) is 0 Å². The molecular weight excluding hydrogens is 261 g/mol. The molecule has 0 spiro atoms. The standard InChI is InChI=1S/C15H18FNOS/c1-3-9-17(10-4-2)15(19)11-14(18)12-5-7-13(16)8-6-12/h3-8,14,18H,1-2,9-11H2/t14-/m1/s1. The molecule has 2 nitrogen and oxygen atoms in total. The lowest BCUT2D eigenvalue weighted by atomic mass is 10.1. The molecule has 0 bridgehead atoms. The van der Waals surface area contributed by atoms with Crippen LogP contribution >= 0.6 is 12.2 Å². The number of thiocarbonyl (C=S) groups is 1. The van der Waals surface area contributed by atoms with Gasteiger partial charge in [-0.3, -0.25) is 0 Å². The first-order chi connectivity index (χ1) is 9.08. The predicted molar refractivity (Wildman–Crippen MR) is 80.5 cm³/mol. The van der Waals surface area contributed by atoms with Crippen LogP contribution in [0.25, 0.3) is 0 Å². The second-order valence-corrected chi connectivity index (χ2v) is 4.62. The van der Waals surface area contributed by atoms with Crippen molar-refractivity contribution in [2.75, 3.05) is 13.1 Å². The Balaban J connectivity index is 2.66. The quantitative estimate of drug-likeness (QED) is 0.612. The van der Waals surface area contributed by atoms with Crippen LogP contribution in [-0.4, -0.2) is 28.1 Å². The molecule has 1 aromatic rings. The van der Waals surface area contributed by atoms with Crippen LogP contribution in [0, 0.1) is 5.82 Å². The zero-order valence-electron chi connectivity index (χ0n) is 10.8. The molecule has 102 valence electrons. The fraction of sp³-hybridized carbons (Fsp3) is 0.267. The molecule has 0 unspecified atom stereocenters. The van der Waals surface area contributed by atoms with Crippen molar-refractivity contribution in [3.8, 4) is 0 Å². The zero-order chi connectivity index (χ0) is 14.3. The molecule has 0 aromatic heterocycles. The van der Waals surface area contributed by atoms with Crippen molar-refractivity contribution in [3.05, 3.63) is 61.0 Å². The molecule has 0 aliphatic heterocycles. The van der Waals surface area contributed by atoms with Crippen molar-refractivity contribution < 1.29 is 9.50 Å². The molecule has 1 atom stereocenters. The van der Waals surface area contributed by atoms with E-state index in [-0.39, 0.29) is 5.82 Å². The highest BCUT2D eigenvalue weighted by molar-refractivity contribution is 7.80. The Morgan fingerprint density at radius 2 is 1.79 bits per heavy atom. The van der Waals surface area contributed by atoms with Gasteiger partial charge >= 0.3 is 0 Å². The molecule has 1 rings (SSSR count). The minimum atomic E-state index is -0.731. The maximum Gasteiger partial charge on any atom is 0.123 e. The lowest BCUT2D eigenvalue weighted by molar-refractivity contribution is 0.183. The van der Waals surface area contributed by atoms with Crippen LogP contribution in [0.3, 0.4) is 0 Å². The molecule has 1 N–H and O–H groups in total. The smallest absolute Gasteiger partial charge is 0.123 e. The van der Waals surface area contributed by atoms with Crippen LogP contribution < -0.4 is 0 Å². The average molecular weight is 279 g/mol. The molecule has 0 saturated heterocycles. The number of aliphatic hydroxyl groups excluding tert-OH is 1. The lowest BCUT2D eigenvalue weighted by Crippen LogP contribution is -2.30. The SMILES string of the molecule is C=CCN(CC=C)C(=S)C[C@@H](O)c1ccc(F)cc1. The van der Waals surface area contributed by atoms with Gasteiger partial charge in [0.25, 0.3) is 0 Å². The van der Waals surface area contributed by atoms with Crippen molar-refractivity contribution in [2.24, 2.45) is 0 Å². The summed E-state index contributed by atoms with van der Waals surface area (Å²) in [6.45, 7) is 8.57. The number of hydrogen-bond acceptors (Lipinski definition) is 2. The molecule has 0 saturated carbocycles. The van der Waals surface area contributed by atoms with Crippen LogP contribution in [0.1, 0.15) is 18.1 Å². The summed E-state index contributed by atoms with van der Waals surface area (Å²) in [6, 6.07) is 5.78. The van der Waals surface area contributed by atoms with Gasteiger partial charge in [-0.25, -0.2) is 4.39 Å². The Morgan fingerprint density at radius 3 is 2.26 bits per heavy atom. The molecule has 0 amide bonds. The van der Waals surface area contributed by atoms with Gasteiger partial charge in [0, 0.05) is 19.5 Å². The normalized spacial score (nSPS) is 11.7. The van der Waals surface area contributed by atoms with Crippen molar-refractivity contribution in [1.82, 2.24) is 4.90 Å². The minimum absolute atomic E-state index is 0.321. The third-order valence-corrected chi connectivity index (χ3v) is 3.10.